The van der Waals surface area contributed by atoms with Crippen LogP contribution in [0.5, 0.6) is 0 Å². The van der Waals surface area contributed by atoms with Gasteiger partial charge in [-0.2, -0.15) is 0 Å². The van der Waals surface area contributed by atoms with Crippen LogP contribution in [0, 0.1) is 12.7 Å². The minimum absolute atomic E-state index is 0.341. The largest absolute Gasteiger partial charge is 0.388 e. The van der Waals surface area contributed by atoms with Gasteiger partial charge in [0.1, 0.15) is 5.82 Å². The summed E-state index contributed by atoms with van der Waals surface area (Å²) in [5, 5.41) is 10.6. The van der Waals surface area contributed by atoms with Crippen LogP contribution in [0.25, 0.3) is 0 Å². The van der Waals surface area contributed by atoms with Crippen molar-refractivity contribution in [1.29, 1.82) is 0 Å². The average Bonchev–Trinajstić information content (AvgIpc) is 2.36. The molecule has 0 saturated heterocycles. The maximum absolute atomic E-state index is 13.0. The van der Waals surface area contributed by atoms with E-state index in [-0.39, 0.29) is 5.82 Å². The lowest BCUT2D eigenvalue weighted by Gasteiger charge is -2.13. The first kappa shape index (κ1) is 14.5. The van der Waals surface area contributed by atoms with E-state index in [1.807, 2.05) is 25.1 Å². The second-order valence-corrected chi connectivity index (χ2v) is 5.73. The van der Waals surface area contributed by atoms with E-state index in [0.29, 0.717) is 11.4 Å². The third kappa shape index (κ3) is 3.56. The molecule has 1 nitrogen and oxygen atoms in total. The topological polar surface area (TPSA) is 20.2 Å². The fraction of sp³-hybridized carbons (Fsp3) is 0.200. The van der Waals surface area contributed by atoms with Crippen molar-refractivity contribution >= 4 is 27.5 Å². The van der Waals surface area contributed by atoms with E-state index in [1.165, 1.54) is 12.1 Å². The zero-order valence-electron chi connectivity index (χ0n) is 10.3. The van der Waals surface area contributed by atoms with E-state index in [2.05, 4.69) is 15.9 Å². The summed E-state index contributed by atoms with van der Waals surface area (Å²) >= 11 is 9.38. The number of rotatable bonds is 3. The average molecular weight is 344 g/mol. The van der Waals surface area contributed by atoms with E-state index in [1.54, 1.807) is 6.07 Å². The van der Waals surface area contributed by atoms with E-state index in [4.69, 9.17) is 11.6 Å². The highest BCUT2D eigenvalue weighted by atomic mass is 79.9. The van der Waals surface area contributed by atoms with E-state index < -0.39 is 6.10 Å². The lowest BCUT2D eigenvalue weighted by atomic mass is 10.00. The first-order chi connectivity index (χ1) is 8.97. The molecule has 0 fully saturated rings. The summed E-state index contributed by atoms with van der Waals surface area (Å²) in [4.78, 5) is 0. The van der Waals surface area contributed by atoms with Crippen LogP contribution in [0.3, 0.4) is 0 Å². The van der Waals surface area contributed by atoms with Crippen molar-refractivity contribution < 1.29 is 9.50 Å². The molecule has 0 aromatic heterocycles. The maximum atomic E-state index is 13.0. The number of aryl methyl sites for hydroxylation is 1. The fourth-order valence-electron chi connectivity index (χ4n) is 1.89. The molecule has 4 heteroatoms. The lowest BCUT2D eigenvalue weighted by Crippen LogP contribution is -2.03. The molecule has 1 N–H and O–H groups in total. The summed E-state index contributed by atoms with van der Waals surface area (Å²) < 4.78 is 14.0. The Morgan fingerprint density at radius 2 is 2.00 bits per heavy atom. The quantitative estimate of drug-likeness (QED) is 0.846. The van der Waals surface area contributed by atoms with Gasteiger partial charge in [0.2, 0.25) is 0 Å². The standard InChI is InChI=1S/C15H13BrClFO/c1-9-6-11(3-5-13(9)16)15(19)7-10-2-4-12(18)8-14(10)17/h2-6,8,15,19H,7H2,1H3. The Morgan fingerprint density at radius 3 is 2.63 bits per heavy atom. The highest BCUT2D eigenvalue weighted by Crippen LogP contribution is 2.26. The maximum Gasteiger partial charge on any atom is 0.124 e. The molecule has 0 aliphatic carbocycles. The lowest BCUT2D eigenvalue weighted by molar-refractivity contribution is 0.178. The molecule has 0 spiro atoms. The van der Waals surface area contributed by atoms with E-state index in [0.717, 1.165) is 21.2 Å². The minimum atomic E-state index is -0.658. The van der Waals surface area contributed by atoms with Crippen molar-refractivity contribution in [3.63, 3.8) is 0 Å². The molecule has 0 aliphatic heterocycles. The van der Waals surface area contributed by atoms with E-state index in [9.17, 15) is 9.50 Å². The number of hydrogen-bond donors (Lipinski definition) is 1. The highest BCUT2D eigenvalue weighted by Gasteiger charge is 2.12. The van der Waals surface area contributed by atoms with Gasteiger partial charge in [-0.05, 0) is 41.8 Å². The minimum Gasteiger partial charge on any atom is -0.388 e. The van der Waals surface area contributed by atoms with Crippen molar-refractivity contribution in [2.75, 3.05) is 0 Å². The molecule has 0 radical (unpaired) electrons. The summed E-state index contributed by atoms with van der Waals surface area (Å²) in [7, 11) is 0. The zero-order valence-corrected chi connectivity index (χ0v) is 12.7. The molecule has 0 saturated carbocycles. The van der Waals surface area contributed by atoms with Gasteiger partial charge in [-0.25, -0.2) is 4.39 Å². The summed E-state index contributed by atoms with van der Waals surface area (Å²) in [5.74, 6) is -0.372. The van der Waals surface area contributed by atoms with Crippen LogP contribution in [0.15, 0.2) is 40.9 Å². The van der Waals surface area contributed by atoms with Crippen molar-refractivity contribution in [2.45, 2.75) is 19.4 Å². The van der Waals surface area contributed by atoms with Crippen LogP contribution in [-0.2, 0) is 6.42 Å². The third-order valence-electron chi connectivity index (χ3n) is 3.00. The van der Waals surface area contributed by atoms with Gasteiger partial charge in [-0.3, -0.25) is 0 Å². The van der Waals surface area contributed by atoms with Gasteiger partial charge in [0.15, 0.2) is 0 Å². The molecule has 2 rings (SSSR count). The number of benzene rings is 2. The van der Waals surface area contributed by atoms with Gasteiger partial charge in [0.25, 0.3) is 0 Å². The Labute approximate surface area is 125 Å². The first-order valence-corrected chi connectivity index (χ1v) is 7.02. The highest BCUT2D eigenvalue weighted by molar-refractivity contribution is 9.10. The fourth-order valence-corrected chi connectivity index (χ4v) is 2.38. The number of aliphatic hydroxyl groups is 1. The van der Waals surface area contributed by atoms with Crippen LogP contribution in [0.2, 0.25) is 5.02 Å². The Balaban J connectivity index is 2.20. The Hall–Kier alpha value is -0.900. The summed E-state index contributed by atoms with van der Waals surface area (Å²) in [5.41, 5.74) is 2.61. The molecule has 0 bridgehead atoms. The second kappa shape index (κ2) is 6.04. The monoisotopic (exact) mass is 342 g/mol. The van der Waals surface area contributed by atoms with E-state index >= 15 is 0 Å². The molecule has 0 aliphatic rings. The Bertz CT molecular complexity index is 601. The number of hydrogen-bond acceptors (Lipinski definition) is 1. The number of halogens is 3. The normalized spacial score (nSPS) is 12.5. The van der Waals surface area contributed by atoms with Gasteiger partial charge in [-0.1, -0.05) is 45.7 Å². The molecule has 0 amide bonds. The van der Waals surface area contributed by atoms with Crippen LogP contribution in [0.4, 0.5) is 4.39 Å². The molecule has 2 aromatic carbocycles. The molecule has 2 aromatic rings. The van der Waals surface area contributed by atoms with Crippen LogP contribution >= 0.6 is 27.5 Å². The SMILES string of the molecule is Cc1cc(C(O)Cc2ccc(F)cc2Cl)ccc1Br. The molecule has 1 atom stereocenters. The van der Waals surface area contributed by atoms with Crippen LogP contribution in [0.1, 0.15) is 22.8 Å². The molecule has 100 valence electrons. The molecule has 1 unspecified atom stereocenters. The summed E-state index contributed by atoms with van der Waals surface area (Å²) in [6, 6.07) is 9.90. The third-order valence-corrected chi connectivity index (χ3v) is 4.24. The van der Waals surface area contributed by atoms with Crippen molar-refractivity contribution in [2.24, 2.45) is 0 Å². The predicted octanol–water partition coefficient (Wildman–Crippen LogP) is 4.83. The predicted molar refractivity (Wildman–Crippen MR) is 79.0 cm³/mol. The molecule has 0 heterocycles. The number of aliphatic hydroxyl groups excluding tert-OH is 1. The van der Waals surface area contributed by atoms with Gasteiger partial charge < -0.3 is 5.11 Å². The molecular formula is C15H13BrClFO. The first-order valence-electron chi connectivity index (χ1n) is 5.85. The van der Waals surface area contributed by atoms with Gasteiger partial charge in [0, 0.05) is 15.9 Å². The smallest absolute Gasteiger partial charge is 0.124 e. The Morgan fingerprint density at radius 1 is 1.26 bits per heavy atom. The molecular weight excluding hydrogens is 331 g/mol. The van der Waals surface area contributed by atoms with Crippen molar-refractivity contribution in [1.82, 2.24) is 0 Å². The van der Waals surface area contributed by atoms with Crippen molar-refractivity contribution in [3.8, 4) is 0 Å². The molecule has 19 heavy (non-hydrogen) atoms. The zero-order chi connectivity index (χ0) is 14.0. The van der Waals surface area contributed by atoms with Crippen LogP contribution in [-0.4, -0.2) is 5.11 Å². The second-order valence-electron chi connectivity index (χ2n) is 4.46. The van der Waals surface area contributed by atoms with Gasteiger partial charge in [0.05, 0.1) is 6.10 Å². The van der Waals surface area contributed by atoms with Crippen LogP contribution < -0.4 is 0 Å². The van der Waals surface area contributed by atoms with Gasteiger partial charge in [-0.15, -0.1) is 0 Å². The van der Waals surface area contributed by atoms with Gasteiger partial charge >= 0.3 is 0 Å². The van der Waals surface area contributed by atoms with Crippen molar-refractivity contribution in [3.05, 3.63) is 68.4 Å². The Kier molecular flexibility index (Phi) is 4.61. The summed E-state index contributed by atoms with van der Waals surface area (Å²) in [6.07, 6.45) is -0.296. The summed E-state index contributed by atoms with van der Waals surface area (Å²) in [6.45, 7) is 1.96.